The van der Waals surface area contributed by atoms with Gasteiger partial charge in [-0.3, -0.25) is 4.72 Å². The molecule has 3 rings (SSSR count). The molecule has 0 saturated carbocycles. The van der Waals surface area contributed by atoms with E-state index < -0.39 is 10.0 Å². The van der Waals surface area contributed by atoms with Crippen LogP contribution in [0.1, 0.15) is 13.8 Å². The Morgan fingerprint density at radius 1 is 1.07 bits per heavy atom. The van der Waals surface area contributed by atoms with Gasteiger partial charge in [-0.05, 0) is 26.0 Å². The maximum absolute atomic E-state index is 12.9. The van der Waals surface area contributed by atoms with Crippen LogP contribution in [0.5, 0.6) is 11.5 Å². The second kappa shape index (κ2) is 9.56. The standard InChI is InChI=1S/C20H25ClN2O5S/c1-3-27-18-14-17(23-9-11-26-12-10-23)19(28-4-2)13-16(18)22-29(24,25)20-8-6-5-7-15(20)21/h5-8,13-14,22H,3-4,9-12H2,1-2H3. The van der Waals surface area contributed by atoms with Crippen molar-refractivity contribution in [3.05, 3.63) is 41.4 Å². The van der Waals surface area contributed by atoms with Crippen LogP contribution in [0.2, 0.25) is 5.02 Å². The molecule has 0 unspecified atom stereocenters. The van der Waals surface area contributed by atoms with E-state index in [4.69, 9.17) is 25.8 Å². The number of sulfonamides is 1. The zero-order valence-corrected chi connectivity index (χ0v) is 18.1. The maximum Gasteiger partial charge on any atom is 0.263 e. The Hall–Kier alpha value is -2.16. The molecule has 0 spiro atoms. The minimum atomic E-state index is -3.91. The predicted molar refractivity (Wildman–Crippen MR) is 114 cm³/mol. The van der Waals surface area contributed by atoms with Gasteiger partial charge in [-0.25, -0.2) is 8.42 Å². The molecule has 1 saturated heterocycles. The lowest BCUT2D eigenvalue weighted by Crippen LogP contribution is -2.36. The summed E-state index contributed by atoms with van der Waals surface area (Å²) >= 11 is 6.09. The molecule has 0 aliphatic carbocycles. The summed E-state index contributed by atoms with van der Waals surface area (Å²) < 4.78 is 45.4. The molecule has 1 aliphatic heterocycles. The van der Waals surface area contributed by atoms with E-state index in [-0.39, 0.29) is 9.92 Å². The summed E-state index contributed by atoms with van der Waals surface area (Å²) in [5, 5.41) is 0.146. The predicted octanol–water partition coefficient (Wildman–Crippen LogP) is 3.77. The molecular weight excluding hydrogens is 416 g/mol. The normalized spacial score (nSPS) is 14.5. The third-order valence-corrected chi connectivity index (χ3v) is 6.25. The van der Waals surface area contributed by atoms with Crippen molar-refractivity contribution < 1.29 is 22.6 Å². The molecule has 2 aromatic carbocycles. The topological polar surface area (TPSA) is 77.1 Å². The molecule has 1 N–H and O–H groups in total. The van der Waals surface area contributed by atoms with E-state index >= 15 is 0 Å². The Bertz CT molecular complexity index is 946. The van der Waals surface area contributed by atoms with Gasteiger partial charge in [-0.15, -0.1) is 0 Å². The molecule has 1 fully saturated rings. The van der Waals surface area contributed by atoms with Crippen LogP contribution in [-0.2, 0) is 14.8 Å². The number of nitrogens with one attached hydrogen (secondary N) is 1. The number of halogens is 1. The Morgan fingerprint density at radius 3 is 2.38 bits per heavy atom. The number of hydrogen-bond acceptors (Lipinski definition) is 6. The number of morpholine rings is 1. The van der Waals surface area contributed by atoms with Crippen LogP contribution in [0.15, 0.2) is 41.3 Å². The van der Waals surface area contributed by atoms with E-state index in [2.05, 4.69) is 9.62 Å². The fourth-order valence-electron chi connectivity index (χ4n) is 3.09. The molecule has 9 heteroatoms. The molecular formula is C20H25ClN2O5S. The lowest BCUT2D eigenvalue weighted by atomic mass is 10.2. The number of anilines is 2. The van der Waals surface area contributed by atoms with Crippen LogP contribution in [0.4, 0.5) is 11.4 Å². The molecule has 0 atom stereocenters. The molecule has 158 valence electrons. The Morgan fingerprint density at radius 2 is 1.72 bits per heavy atom. The Kier molecular flexibility index (Phi) is 7.10. The second-order valence-corrected chi connectivity index (χ2v) is 8.38. The van der Waals surface area contributed by atoms with Gasteiger partial charge in [0.05, 0.1) is 42.8 Å². The highest BCUT2D eigenvalue weighted by Gasteiger charge is 2.23. The number of nitrogens with zero attached hydrogens (tertiary/aromatic N) is 1. The minimum Gasteiger partial charge on any atom is -0.492 e. The van der Waals surface area contributed by atoms with Crippen LogP contribution in [0.3, 0.4) is 0 Å². The van der Waals surface area contributed by atoms with Gasteiger partial charge in [0.15, 0.2) is 0 Å². The smallest absolute Gasteiger partial charge is 0.263 e. The van der Waals surface area contributed by atoms with Crippen LogP contribution in [0, 0.1) is 0 Å². The molecule has 2 aromatic rings. The first-order valence-electron chi connectivity index (χ1n) is 9.50. The van der Waals surface area contributed by atoms with E-state index in [0.717, 1.165) is 18.8 Å². The number of benzene rings is 2. The highest BCUT2D eigenvalue weighted by atomic mass is 35.5. The largest absolute Gasteiger partial charge is 0.492 e. The van der Waals surface area contributed by atoms with Gasteiger partial charge < -0.3 is 19.1 Å². The van der Waals surface area contributed by atoms with Crippen LogP contribution >= 0.6 is 11.6 Å². The number of ether oxygens (including phenoxy) is 3. The Labute approximate surface area is 176 Å². The van der Waals surface area contributed by atoms with E-state index in [9.17, 15) is 8.42 Å². The van der Waals surface area contributed by atoms with E-state index in [1.807, 2.05) is 19.9 Å². The van der Waals surface area contributed by atoms with E-state index in [1.165, 1.54) is 12.1 Å². The second-order valence-electron chi connectivity index (χ2n) is 6.32. The van der Waals surface area contributed by atoms with Gasteiger partial charge in [-0.1, -0.05) is 23.7 Å². The first-order valence-corrected chi connectivity index (χ1v) is 11.4. The molecule has 29 heavy (non-hydrogen) atoms. The SMILES string of the molecule is CCOc1cc(N2CCOCC2)c(OCC)cc1NS(=O)(=O)c1ccccc1Cl. The summed E-state index contributed by atoms with van der Waals surface area (Å²) in [6, 6.07) is 9.76. The first kappa shape index (κ1) is 21.5. The minimum absolute atomic E-state index is 0.000620. The summed E-state index contributed by atoms with van der Waals surface area (Å²) in [7, 11) is -3.91. The van der Waals surface area contributed by atoms with Crippen LogP contribution < -0.4 is 19.1 Å². The van der Waals surface area contributed by atoms with Crippen molar-refractivity contribution in [3.8, 4) is 11.5 Å². The molecule has 1 aliphatic rings. The number of rotatable bonds is 8. The third-order valence-electron chi connectivity index (χ3n) is 4.38. The summed E-state index contributed by atoms with van der Waals surface area (Å²) in [6.45, 7) is 7.24. The molecule has 7 nitrogen and oxygen atoms in total. The van der Waals surface area contributed by atoms with Crippen molar-refractivity contribution in [3.63, 3.8) is 0 Å². The summed E-state index contributed by atoms with van der Waals surface area (Å²) in [5.74, 6) is 1.00. The summed E-state index contributed by atoms with van der Waals surface area (Å²) in [4.78, 5) is 2.14. The van der Waals surface area contributed by atoms with Crippen molar-refractivity contribution in [2.45, 2.75) is 18.7 Å². The average Bonchev–Trinajstić information content (AvgIpc) is 2.71. The average molecular weight is 441 g/mol. The van der Waals surface area contributed by atoms with Crippen LogP contribution in [0.25, 0.3) is 0 Å². The third kappa shape index (κ3) is 5.07. The van der Waals surface area contributed by atoms with Crippen molar-refractivity contribution in [2.75, 3.05) is 49.1 Å². The fourth-order valence-corrected chi connectivity index (χ4v) is 4.67. The molecule has 0 aromatic heterocycles. The first-order chi connectivity index (χ1) is 14.0. The van der Waals surface area contributed by atoms with Gasteiger partial charge in [0.2, 0.25) is 0 Å². The lowest BCUT2D eigenvalue weighted by Gasteiger charge is -2.31. The van der Waals surface area contributed by atoms with Crippen molar-refractivity contribution >= 4 is 33.0 Å². The maximum atomic E-state index is 12.9. The van der Waals surface area contributed by atoms with Crippen molar-refractivity contribution in [1.29, 1.82) is 0 Å². The fraction of sp³-hybridized carbons (Fsp3) is 0.400. The van der Waals surface area contributed by atoms with Gasteiger partial charge in [0.25, 0.3) is 10.0 Å². The van der Waals surface area contributed by atoms with Crippen molar-refractivity contribution in [1.82, 2.24) is 0 Å². The van der Waals surface area contributed by atoms with E-state index in [0.29, 0.717) is 43.6 Å². The lowest BCUT2D eigenvalue weighted by molar-refractivity contribution is 0.122. The van der Waals surface area contributed by atoms with Gasteiger partial charge in [-0.2, -0.15) is 0 Å². The molecule has 1 heterocycles. The zero-order valence-electron chi connectivity index (χ0n) is 16.5. The van der Waals surface area contributed by atoms with Gasteiger partial charge in [0.1, 0.15) is 16.4 Å². The summed E-state index contributed by atoms with van der Waals surface area (Å²) in [6.07, 6.45) is 0. The molecule has 0 bridgehead atoms. The zero-order chi connectivity index (χ0) is 20.9. The highest BCUT2D eigenvalue weighted by Crippen LogP contribution is 2.40. The highest BCUT2D eigenvalue weighted by molar-refractivity contribution is 7.92. The number of hydrogen-bond donors (Lipinski definition) is 1. The summed E-state index contributed by atoms with van der Waals surface area (Å²) in [5.41, 5.74) is 1.14. The quantitative estimate of drug-likeness (QED) is 0.673. The van der Waals surface area contributed by atoms with Gasteiger partial charge in [0, 0.05) is 25.2 Å². The Balaban J connectivity index is 2.03. The van der Waals surface area contributed by atoms with Gasteiger partial charge >= 0.3 is 0 Å². The van der Waals surface area contributed by atoms with Crippen LogP contribution in [-0.4, -0.2) is 47.9 Å². The van der Waals surface area contributed by atoms with Crippen molar-refractivity contribution in [2.24, 2.45) is 0 Å². The monoisotopic (exact) mass is 440 g/mol. The molecule has 0 radical (unpaired) electrons. The molecule has 0 amide bonds. The van der Waals surface area contributed by atoms with E-state index in [1.54, 1.807) is 18.2 Å².